The number of benzene rings is 1. The summed E-state index contributed by atoms with van der Waals surface area (Å²) < 4.78 is 9.23. The first-order chi connectivity index (χ1) is 13.8. The van der Waals surface area contributed by atoms with E-state index in [1.54, 1.807) is 10.8 Å². The van der Waals surface area contributed by atoms with Gasteiger partial charge in [-0.2, -0.15) is 5.10 Å². The minimum atomic E-state index is -0.0443. The van der Waals surface area contributed by atoms with E-state index >= 15 is 0 Å². The SMILES string of the molecule is CCc1nn2c(ncc3c(=O)n(CC4CCCO4)ccc32)c1-c1ccccc1. The molecule has 142 valence electrons. The van der Waals surface area contributed by atoms with E-state index in [0.29, 0.717) is 11.9 Å². The molecule has 0 spiro atoms. The Kier molecular flexibility index (Phi) is 4.20. The lowest BCUT2D eigenvalue weighted by Crippen LogP contribution is -2.26. The van der Waals surface area contributed by atoms with Crippen LogP contribution in [0.2, 0.25) is 0 Å². The summed E-state index contributed by atoms with van der Waals surface area (Å²) >= 11 is 0. The molecule has 0 bridgehead atoms. The van der Waals surface area contributed by atoms with Gasteiger partial charge in [-0.25, -0.2) is 9.50 Å². The van der Waals surface area contributed by atoms with Crippen molar-refractivity contribution < 1.29 is 4.74 Å². The van der Waals surface area contributed by atoms with Crippen molar-refractivity contribution in [2.75, 3.05) is 6.61 Å². The Hall–Kier alpha value is -2.99. The van der Waals surface area contributed by atoms with E-state index < -0.39 is 0 Å². The highest BCUT2D eigenvalue weighted by Gasteiger charge is 2.19. The number of rotatable bonds is 4. The summed E-state index contributed by atoms with van der Waals surface area (Å²) in [6.07, 6.45) is 6.51. The Balaban J connectivity index is 1.69. The van der Waals surface area contributed by atoms with Crippen molar-refractivity contribution in [3.8, 4) is 11.1 Å². The molecule has 0 aliphatic carbocycles. The van der Waals surface area contributed by atoms with Gasteiger partial charge in [0.05, 0.1) is 29.2 Å². The Morgan fingerprint density at radius 1 is 1.21 bits per heavy atom. The maximum atomic E-state index is 13.0. The number of aryl methyl sites for hydroxylation is 1. The molecule has 0 radical (unpaired) electrons. The summed E-state index contributed by atoms with van der Waals surface area (Å²) in [6.45, 7) is 3.46. The summed E-state index contributed by atoms with van der Waals surface area (Å²) in [7, 11) is 0. The molecule has 1 aliphatic heterocycles. The minimum absolute atomic E-state index is 0.0443. The molecule has 1 aromatic carbocycles. The minimum Gasteiger partial charge on any atom is -0.376 e. The van der Waals surface area contributed by atoms with Crippen molar-refractivity contribution in [1.29, 1.82) is 0 Å². The second-order valence-electron chi connectivity index (χ2n) is 7.24. The Morgan fingerprint density at radius 2 is 2.07 bits per heavy atom. The predicted octanol–water partition coefficient (Wildman–Crippen LogP) is 3.45. The van der Waals surface area contributed by atoms with Crippen LogP contribution in [0.3, 0.4) is 0 Å². The quantitative estimate of drug-likeness (QED) is 0.549. The molecule has 0 N–H and O–H groups in total. The van der Waals surface area contributed by atoms with Crippen molar-refractivity contribution >= 4 is 16.6 Å². The molecule has 28 heavy (non-hydrogen) atoms. The van der Waals surface area contributed by atoms with Crippen LogP contribution in [-0.2, 0) is 17.7 Å². The van der Waals surface area contributed by atoms with Gasteiger partial charge >= 0.3 is 0 Å². The van der Waals surface area contributed by atoms with Gasteiger partial charge in [0, 0.05) is 24.6 Å². The van der Waals surface area contributed by atoms with Gasteiger partial charge in [0.2, 0.25) is 0 Å². The zero-order valence-electron chi connectivity index (χ0n) is 15.8. The molecular weight excluding hydrogens is 352 g/mol. The number of nitrogens with zero attached hydrogens (tertiary/aromatic N) is 4. The Bertz CT molecular complexity index is 1200. The van der Waals surface area contributed by atoms with Crippen LogP contribution in [0.15, 0.2) is 53.6 Å². The van der Waals surface area contributed by atoms with E-state index in [9.17, 15) is 4.79 Å². The highest BCUT2D eigenvalue weighted by Crippen LogP contribution is 2.29. The van der Waals surface area contributed by atoms with Crippen molar-refractivity contribution in [3.63, 3.8) is 0 Å². The standard InChI is InChI=1S/C22H22N4O2/c1-2-18-20(15-7-4-3-5-8-15)21-23-13-17-19(26(21)24-18)10-11-25(22(17)27)14-16-9-6-12-28-16/h3-5,7-8,10-11,13,16H,2,6,9,12,14H2,1H3. The molecule has 6 nitrogen and oxygen atoms in total. The Labute approximate surface area is 162 Å². The van der Waals surface area contributed by atoms with E-state index in [1.807, 2.05) is 35.0 Å². The molecule has 0 saturated carbocycles. The maximum Gasteiger partial charge on any atom is 0.261 e. The van der Waals surface area contributed by atoms with Gasteiger partial charge in [-0.15, -0.1) is 0 Å². The van der Waals surface area contributed by atoms with Crippen molar-refractivity contribution in [3.05, 3.63) is 64.8 Å². The fourth-order valence-electron chi connectivity index (χ4n) is 4.05. The van der Waals surface area contributed by atoms with Gasteiger partial charge in [0.15, 0.2) is 5.65 Å². The van der Waals surface area contributed by atoms with Gasteiger partial charge in [-0.05, 0) is 30.9 Å². The maximum absolute atomic E-state index is 13.0. The lowest BCUT2D eigenvalue weighted by molar-refractivity contribution is 0.0963. The zero-order chi connectivity index (χ0) is 19.1. The molecule has 4 aromatic rings. The molecule has 3 aromatic heterocycles. The Morgan fingerprint density at radius 3 is 2.82 bits per heavy atom. The van der Waals surface area contributed by atoms with Crippen LogP contribution in [0.4, 0.5) is 0 Å². The number of fused-ring (bicyclic) bond motifs is 3. The van der Waals surface area contributed by atoms with Crippen LogP contribution in [0, 0.1) is 0 Å². The lowest BCUT2D eigenvalue weighted by atomic mass is 10.0. The van der Waals surface area contributed by atoms with E-state index in [4.69, 9.17) is 9.84 Å². The number of hydrogen-bond acceptors (Lipinski definition) is 4. The van der Waals surface area contributed by atoms with Gasteiger partial charge in [0.1, 0.15) is 0 Å². The molecule has 1 saturated heterocycles. The monoisotopic (exact) mass is 374 g/mol. The molecule has 4 heterocycles. The second kappa shape index (κ2) is 6.87. The van der Waals surface area contributed by atoms with Crippen LogP contribution < -0.4 is 5.56 Å². The third kappa shape index (κ3) is 2.72. The zero-order valence-corrected chi connectivity index (χ0v) is 15.8. The molecule has 1 atom stereocenters. The average molecular weight is 374 g/mol. The highest BCUT2D eigenvalue weighted by molar-refractivity contribution is 5.86. The topological polar surface area (TPSA) is 61.4 Å². The van der Waals surface area contributed by atoms with Crippen LogP contribution in [-0.4, -0.2) is 31.9 Å². The van der Waals surface area contributed by atoms with E-state index in [2.05, 4.69) is 24.0 Å². The van der Waals surface area contributed by atoms with Crippen LogP contribution in [0.25, 0.3) is 27.7 Å². The fourth-order valence-corrected chi connectivity index (χ4v) is 4.05. The second-order valence-corrected chi connectivity index (χ2v) is 7.24. The van der Waals surface area contributed by atoms with Gasteiger partial charge in [0.25, 0.3) is 5.56 Å². The fraction of sp³-hybridized carbons (Fsp3) is 0.318. The summed E-state index contributed by atoms with van der Waals surface area (Å²) in [5, 5.41) is 5.37. The summed E-state index contributed by atoms with van der Waals surface area (Å²) in [5.41, 5.74) is 4.63. The van der Waals surface area contributed by atoms with Crippen LogP contribution in [0.5, 0.6) is 0 Å². The molecule has 1 unspecified atom stereocenters. The van der Waals surface area contributed by atoms with E-state index in [1.165, 1.54) is 0 Å². The third-order valence-electron chi connectivity index (χ3n) is 5.48. The van der Waals surface area contributed by atoms with Gasteiger partial charge < -0.3 is 9.30 Å². The highest BCUT2D eigenvalue weighted by atomic mass is 16.5. The van der Waals surface area contributed by atoms with Gasteiger partial charge in [-0.1, -0.05) is 37.3 Å². The summed E-state index contributed by atoms with van der Waals surface area (Å²) in [5.74, 6) is 0. The number of ether oxygens (including phenoxy) is 1. The normalized spacial score (nSPS) is 17.0. The molecule has 0 amide bonds. The molecule has 6 heteroatoms. The van der Waals surface area contributed by atoms with Crippen molar-refractivity contribution in [2.24, 2.45) is 0 Å². The molecule has 5 rings (SSSR count). The molecule has 1 aliphatic rings. The van der Waals surface area contributed by atoms with Crippen molar-refractivity contribution in [1.82, 2.24) is 19.2 Å². The third-order valence-corrected chi connectivity index (χ3v) is 5.48. The average Bonchev–Trinajstić information content (AvgIpc) is 3.38. The predicted molar refractivity (Wildman–Crippen MR) is 109 cm³/mol. The summed E-state index contributed by atoms with van der Waals surface area (Å²) in [4.78, 5) is 17.7. The summed E-state index contributed by atoms with van der Waals surface area (Å²) in [6, 6.07) is 12.1. The first kappa shape index (κ1) is 17.1. The van der Waals surface area contributed by atoms with Crippen molar-refractivity contribution in [2.45, 2.75) is 38.8 Å². The first-order valence-corrected chi connectivity index (χ1v) is 9.83. The van der Waals surface area contributed by atoms with Gasteiger partial charge in [-0.3, -0.25) is 4.79 Å². The first-order valence-electron chi connectivity index (χ1n) is 9.83. The van der Waals surface area contributed by atoms with E-state index in [-0.39, 0.29) is 11.7 Å². The molecule has 1 fully saturated rings. The number of aromatic nitrogens is 4. The molecular formula is C22H22N4O2. The van der Waals surface area contributed by atoms with Crippen LogP contribution in [0.1, 0.15) is 25.5 Å². The van der Waals surface area contributed by atoms with Crippen LogP contribution >= 0.6 is 0 Å². The smallest absolute Gasteiger partial charge is 0.261 e. The van der Waals surface area contributed by atoms with E-state index in [0.717, 1.165) is 53.9 Å². The number of hydrogen-bond donors (Lipinski definition) is 0. The number of pyridine rings is 1. The largest absolute Gasteiger partial charge is 0.376 e. The lowest BCUT2D eigenvalue weighted by Gasteiger charge is -2.12.